The molecule has 3 heterocycles. The van der Waals surface area contributed by atoms with E-state index in [9.17, 15) is 4.79 Å². The van der Waals surface area contributed by atoms with Gasteiger partial charge in [-0.1, -0.05) is 0 Å². The van der Waals surface area contributed by atoms with E-state index in [1.54, 1.807) is 31.0 Å². The number of thiazole rings is 1. The summed E-state index contributed by atoms with van der Waals surface area (Å²) in [7, 11) is 1.62. The van der Waals surface area contributed by atoms with Crippen LogP contribution in [0.2, 0.25) is 0 Å². The molecule has 3 aromatic rings. The number of nitrogens with one attached hydrogen (secondary N) is 2. The summed E-state index contributed by atoms with van der Waals surface area (Å²) >= 11 is 2.44. The van der Waals surface area contributed by atoms with Crippen LogP contribution in [0.15, 0.2) is 46.9 Å². The molecule has 130 valence electrons. The average Bonchev–Trinajstić information content (AvgIpc) is 3.38. The van der Waals surface area contributed by atoms with Gasteiger partial charge >= 0.3 is 0 Å². The van der Waals surface area contributed by atoms with Crippen LogP contribution in [0.3, 0.4) is 0 Å². The van der Waals surface area contributed by atoms with Crippen LogP contribution in [-0.2, 0) is 4.79 Å². The Labute approximate surface area is 157 Å². The summed E-state index contributed by atoms with van der Waals surface area (Å²) in [5.41, 5.74) is 2.50. The van der Waals surface area contributed by atoms with Crippen molar-refractivity contribution in [2.75, 3.05) is 12.0 Å². The molecule has 4 rings (SSSR count). The Balaban J connectivity index is 1.66. The lowest BCUT2D eigenvalue weighted by Crippen LogP contribution is -2.27. The van der Waals surface area contributed by atoms with Gasteiger partial charge in [-0.25, -0.2) is 9.88 Å². The number of methoxy groups -OCH3 is 1. The number of anilines is 1. The van der Waals surface area contributed by atoms with Crippen molar-refractivity contribution in [1.82, 2.24) is 15.2 Å². The molecule has 0 aliphatic carbocycles. The summed E-state index contributed by atoms with van der Waals surface area (Å²) in [5, 5.41) is 17.6. The lowest BCUT2D eigenvalue weighted by molar-refractivity contribution is -0.113. The fourth-order valence-corrected chi connectivity index (χ4v) is 4.06. The maximum Gasteiger partial charge on any atom is 0.273 e. The van der Waals surface area contributed by atoms with E-state index in [1.807, 2.05) is 24.3 Å². The zero-order valence-electron chi connectivity index (χ0n) is 13.6. The Hall–Kier alpha value is -2.91. The SMILES string of the molecule is COc1ccc(-c2[nH]ncc2C=C2SC(=N)N(c3nccs3)C2=O)cc1. The van der Waals surface area contributed by atoms with Crippen molar-refractivity contribution >= 4 is 45.4 Å². The van der Waals surface area contributed by atoms with Gasteiger partial charge in [-0.3, -0.25) is 15.3 Å². The average molecular weight is 383 g/mol. The fourth-order valence-electron chi connectivity index (χ4n) is 2.52. The molecule has 0 saturated carbocycles. The molecule has 9 heteroatoms. The number of ether oxygens (including phenoxy) is 1. The molecule has 1 amide bonds. The van der Waals surface area contributed by atoms with Gasteiger partial charge in [-0.2, -0.15) is 5.10 Å². The number of aromatic amines is 1. The molecule has 1 aromatic carbocycles. The molecule has 7 nitrogen and oxygen atoms in total. The summed E-state index contributed by atoms with van der Waals surface area (Å²) in [4.78, 5) is 18.6. The molecule has 2 N–H and O–H groups in total. The zero-order chi connectivity index (χ0) is 18.1. The van der Waals surface area contributed by atoms with Crippen molar-refractivity contribution in [3.63, 3.8) is 0 Å². The summed E-state index contributed by atoms with van der Waals surface area (Å²) in [6, 6.07) is 7.56. The van der Waals surface area contributed by atoms with Crippen molar-refractivity contribution in [1.29, 1.82) is 5.41 Å². The van der Waals surface area contributed by atoms with E-state index in [0.29, 0.717) is 10.0 Å². The number of amides is 1. The number of rotatable bonds is 4. The monoisotopic (exact) mass is 383 g/mol. The molecule has 1 aliphatic rings. The van der Waals surface area contributed by atoms with Crippen molar-refractivity contribution in [3.8, 4) is 17.0 Å². The summed E-state index contributed by atoms with van der Waals surface area (Å²) in [5.74, 6) is 0.513. The molecule has 0 atom stereocenters. The number of benzene rings is 1. The second-order valence-corrected chi connectivity index (χ2v) is 7.20. The number of nitrogens with zero attached hydrogens (tertiary/aromatic N) is 3. The number of carbonyl (C=O) groups excluding carboxylic acids is 1. The van der Waals surface area contributed by atoms with Crippen LogP contribution in [-0.4, -0.2) is 33.4 Å². The molecule has 0 bridgehead atoms. The van der Waals surface area contributed by atoms with Gasteiger partial charge in [0.25, 0.3) is 5.91 Å². The van der Waals surface area contributed by atoms with Crippen LogP contribution in [0.4, 0.5) is 5.13 Å². The molecule has 0 unspecified atom stereocenters. The van der Waals surface area contributed by atoms with E-state index in [4.69, 9.17) is 10.1 Å². The van der Waals surface area contributed by atoms with Crippen LogP contribution in [0.5, 0.6) is 5.75 Å². The smallest absolute Gasteiger partial charge is 0.273 e. The highest BCUT2D eigenvalue weighted by molar-refractivity contribution is 8.19. The van der Waals surface area contributed by atoms with Crippen LogP contribution in [0.25, 0.3) is 17.3 Å². The van der Waals surface area contributed by atoms with E-state index in [1.165, 1.54) is 16.2 Å². The third-order valence-corrected chi connectivity index (χ3v) is 5.41. The largest absolute Gasteiger partial charge is 0.497 e. The summed E-state index contributed by atoms with van der Waals surface area (Å²) in [6.45, 7) is 0. The summed E-state index contributed by atoms with van der Waals surface area (Å²) in [6.07, 6.45) is 5.03. The lowest BCUT2D eigenvalue weighted by atomic mass is 10.1. The van der Waals surface area contributed by atoms with E-state index < -0.39 is 0 Å². The Morgan fingerprint density at radius 2 is 2.12 bits per heavy atom. The van der Waals surface area contributed by atoms with Crippen LogP contribution >= 0.6 is 23.1 Å². The molecule has 0 spiro atoms. The van der Waals surface area contributed by atoms with Gasteiger partial charge < -0.3 is 4.74 Å². The molecular formula is C17H13N5O2S2. The quantitative estimate of drug-likeness (QED) is 0.671. The second kappa shape index (κ2) is 6.77. The maximum atomic E-state index is 12.7. The maximum absolute atomic E-state index is 12.7. The predicted octanol–water partition coefficient (Wildman–Crippen LogP) is 3.60. The van der Waals surface area contributed by atoms with E-state index in [-0.39, 0.29) is 11.1 Å². The lowest BCUT2D eigenvalue weighted by Gasteiger charge is -2.08. The van der Waals surface area contributed by atoms with E-state index in [2.05, 4.69) is 15.2 Å². The zero-order valence-corrected chi connectivity index (χ0v) is 15.2. The second-order valence-electron chi connectivity index (χ2n) is 5.30. The normalized spacial score (nSPS) is 15.9. The Bertz CT molecular complexity index is 993. The molecule has 1 fully saturated rings. The fraction of sp³-hybridized carbons (Fsp3) is 0.0588. The molecule has 2 aromatic heterocycles. The first-order valence-electron chi connectivity index (χ1n) is 7.57. The molecule has 26 heavy (non-hydrogen) atoms. The highest BCUT2D eigenvalue weighted by Gasteiger charge is 2.35. The highest BCUT2D eigenvalue weighted by atomic mass is 32.2. The van der Waals surface area contributed by atoms with E-state index in [0.717, 1.165) is 34.3 Å². The number of H-pyrrole nitrogens is 1. The number of hydrogen-bond acceptors (Lipinski definition) is 7. The first kappa shape index (κ1) is 16.6. The number of aromatic nitrogens is 3. The Morgan fingerprint density at radius 1 is 1.31 bits per heavy atom. The van der Waals surface area contributed by atoms with Gasteiger partial charge in [0, 0.05) is 22.7 Å². The van der Waals surface area contributed by atoms with Gasteiger partial charge in [0.1, 0.15) is 5.75 Å². The highest BCUT2D eigenvalue weighted by Crippen LogP contribution is 2.37. The number of hydrogen-bond donors (Lipinski definition) is 2. The molecule has 1 saturated heterocycles. The van der Waals surface area contributed by atoms with Crippen LogP contribution in [0.1, 0.15) is 5.56 Å². The van der Waals surface area contributed by atoms with Crippen molar-refractivity contribution in [2.24, 2.45) is 0 Å². The summed E-state index contributed by atoms with van der Waals surface area (Å²) < 4.78 is 5.18. The predicted molar refractivity (Wildman–Crippen MR) is 103 cm³/mol. The first-order chi connectivity index (χ1) is 12.7. The van der Waals surface area contributed by atoms with Gasteiger partial charge in [0.05, 0.1) is 23.9 Å². The third-order valence-electron chi connectivity index (χ3n) is 3.77. The Kier molecular flexibility index (Phi) is 4.31. The minimum Gasteiger partial charge on any atom is -0.497 e. The van der Waals surface area contributed by atoms with Gasteiger partial charge in [-0.15, -0.1) is 11.3 Å². The topological polar surface area (TPSA) is 95.0 Å². The number of carbonyl (C=O) groups is 1. The number of thioether (sulfide) groups is 1. The minimum atomic E-state index is -0.253. The minimum absolute atomic E-state index is 0.144. The number of amidine groups is 1. The third kappa shape index (κ3) is 2.91. The van der Waals surface area contributed by atoms with Gasteiger partial charge in [0.2, 0.25) is 0 Å². The molecule has 1 aliphatic heterocycles. The van der Waals surface area contributed by atoms with Gasteiger partial charge in [-0.05, 0) is 42.1 Å². The van der Waals surface area contributed by atoms with Crippen LogP contribution < -0.4 is 9.64 Å². The molecular weight excluding hydrogens is 370 g/mol. The van der Waals surface area contributed by atoms with Crippen molar-refractivity contribution < 1.29 is 9.53 Å². The standard InChI is InChI=1S/C17H13N5O2S2/c1-24-12-4-2-10(3-5-12)14-11(9-20-21-14)8-13-15(23)22(16(18)26-13)17-19-6-7-25-17/h2-9,18H,1H3,(H,20,21). The van der Waals surface area contributed by atoms with Gasteiger partial charge in [0.15, 0.2) is 10.3 Å². The van der Waals surface area contributed by atoms with Crippen molar-refractivity contribution in [3.05, 3.63) is 52.5 Å². The Morgan fingerprint density at radius 3 is 2.81 bits per heavy atom. The van der Waals surface area contributed by atoms with E-state index >= 15 is 0 Å². The molecule has 0 radical (unpaired) electrons. The van der Waals surface area contributed by atoms with Crippen molar-refractivity contribution in [2.45, 2.75) is 0 Å². The van der Waals surface area contributed by atoms with Crippen LogP contribution in [0, 0.1) is 5.41 Å². The first-order valence-corrected chi connectivity index (χ1v) is 9.27.